The summed E-state index contributed by atoms with van der Waals surface area (Å²) in [6, 6.07) is 13.1. The van der Waals surface area contributed by atoms with Crippen LogP contribution >= 0.6 is 46.6 Å². The number of carbonyl (C=O) groups excluding carboxylic acids is 1. The van der Waals surface area contributed by atoms with Gasteiger partial charge in [-0.3, -0.25) is 4.79 Å². The topological polar surface area (TPSA) is 68.0 Å². The maximum Gasteiger partial charge on any atom is 0.277 e. The Bertz CT molecular complexity index is 943. The van der Waals surface area contributed by atoms with Gasteiger partial charge in [0.25, 0.3) is 5.22 Å². The zero-order valence-corrected chi connectivity index (χ0v) is 17.9. The highest BCUT2D eigenvalue weighted by atomic mass is 35.5. The molecule has 0 spiro atoms. The van der Waals surface area contributed by atoms with Gasteiger partial charge in [-0.05, 0) is 23.6 Å². The number of anilines is 1. The third-order valence-corrected chi connectivity index (χ3v) is 5.53. The van der Waals surface area contributed by atoms with E-state index in [0.717, 1.165) is 11.8 Å². The molecule has 1 atom stereocenters. The van der Waals surface area contributed by atoms with E-state index in [1.807, 2.05) is 18.2 Å². The molecule has 0 aliphatic heterocycles. The maximum absolute atomic E-state index is 12.2. The van der Waals surface area contributed by atoms with E-state index in [0.29, 0.717) is 28.2 Å². The van der Waals surface area contributed by atoms with E-state index in [1.54, 1.807) is 0 Å². The zero-order chi connectivity index (χ0) is 20.1. The van der Waals surface area contributed by atoms with Gasteiger partial charge in [0.15, 0.2) is 0 Å². The Morgan fingerprint density at radius 3 is 2.50 bits per heavy atom. The van der Waals surface area contributed by atoms with Crippen LogP contribution in [0.1, 0.15) is 24.3 Å². The molecule has 0 aliphatic rings. The molecule has 146 valence electrons. The van der Waals surface area contributed by atoms with Crippen molar-refractivity contribution in [3.8, 4) is 0 Å². The minimum atomic E-state index is -0.298. The van der Waals surface area contributed by atoms with Crippen LogP contribution in [0.5, 0.6) is 0 Å². The zero-order valence-electron chi connectivity index (χ0n) is 14.8. The summed E-state index contributed by atoms with van der Waals surface area (Å²) in [7, 11) is 0. The lowest BCUT2D eigenvalue weighted by atomic mass is 9.98. The fourth-order valence-corrected chi connectivity index (χ4v) is 4.00. The molecule has 0 radical (unpaired) electrons. The van der Waals surface area contributed by atoms with Gasteiger partial charge in [-0.2, -0.15) is 0 Å². The first-order valence-corrected chi connectivity index (χ1v) is 10.5. The van der Waals surface area contributed by atoms with Gasteiger partial charge < -0.3 is 9.73 Å². The van der Waals surface area contributed by atoms with E-state index in [4.69, 9.17) is 39.2 Å². The van der Waals surface area contributed by atoms with Gasteiger partial charge in [0.1, 0.15) is 0 Å². The second-order valence-corrected chi connectivity index (χ2v) is 8.24. The van der Waals surface area contributed by atoms with Crippen molar-refractivity contribution in [1.29, 1.82) is 0 Å². The summed E-state index contributed by atoms with van der Waals surface area (Å²) in [4.78, 5) is 12.2. The summed E-state index contributed by atoms with van der Waals surface area (Å²) >= 11 is 19.1. The fraction of sp³-hybridized carbons (Fsp3) is 0.211. The van der Waals surface area contributed by atoms with E-state index < -0.39 is 0 Å². The highest BCUT2D eigenvalue weighted by Gasteiger charge is 2.15. The number of carbonyl (C=O) groups is 1. The van der Waals surface area contributed by atoms with Crippen molar-refractivity contribution in [2.45, 2.75) is 24.5 Å². The van der Waals surface area contributed by atoms with E-state index in [9.17, 15) is 4.79 Å². The SMILES string of the molecule is CC(Cc1nnc(SCC(=O)Nc2c(Cl)cc(Cl)cc2Cl)o1)c1ccccc1. The molecule has 1 N–H and O–H groups in total. The number of hydrogen-bond donors (Lipinski definition) is 1. The fourth-order valence-electron chi connectivity index (χ4n) is 2.50. The Morgan fingerprint density at radius 1 is 1.14 bits per heavy atom. The van der Waals surface area contributed by atoms with Crippen LogP contribution in [0, 0.1) is 0 Å². The number of halogens is 3. The van der Waals surface area contributed by atoms with Crippen molar-refractivity contribution < 1.29 is 9.21 Å². The number of nitrogens with one attached hydrogen (secondary N) is 1. The Morgan fingerprint density at radius 2 is 1.82 bits per heavy atom. The van der Waals surface area contributed by atoms with Gasteiger partial charge in [0, 0.05) is 11.4 Å². The molecule has 1 aromatic heterocycles. The van der Waals surface area contributed by atoms with Gasteiger partial charge >= 0.3 is 0 Å². The minimum absolute atomic E-state index is 0.0746. The van der Waals surface area contributed by atoms with Crippen LogP contribution < -0.4 is 5.32 Å². The molecule has 1 heterocycles. The Balaban J connectivity index is 1.54. The smallest absolute Gasteiger partial charge is 0.277 e. The second-order valence-electron chi connectivity index (χ2n) is 6.06. The van der Waals surface area contributed by atoms with Gasteiger partial charge in [0.2, 0.25) is 11.8 Å². The molecular weight excluding hydrogens is 441 g/mol. The van der Waals surface area contributed by atoms with Crippen LogP contribution in [-0.2, 0) is 11.2 Å². The first-order valence-electron chi connectivity index (χ1n) is 8.37. The summed E-state index contributed by atoms with van der Waals surface area (Å²) in [5.41, 5.74) is 1.52. The molecule has 28 heavy (non-hydrogen) atoms. The van der Waals surface area contributed by atoms with Crippen molar-refractivity contribution in [2.24, 2.45) is 0 Å². The van der Waals surface area contributed by atoms with Crippen molar-refractivity contribution in [3.63, 3.8) is 0 Å². The van der Waals surface area contributed by atoms with Crippen molar-refractivity contribution in [1.82, 2.24) is 10.2 Å². The predicted molar refractivity (Wildman–Crippen MR) is 114 cm³/mol. The number of amides is 1. The normalized spacial score (nSPS) is 12.0. The second kappa shape index (κ2) is 9.65. The highest BCUT2D eigenvalue weighted by molar-refractivity contribution is 7.99. The molecule has 1 amide bonds. The van der Waals surface area contributed by atoms with Gasteiger partial charge in [-0.25, -0.2) is 0 Å². The maximum atomic E-state index is 12.2. The van der Waals surface area contributed by atoms with Crippen molar-refractivity contribution in [2.75, 3.05) is 11.1 Å². The van der Waals surface area contributed by atoms with E-state index >= 15 is 0 Å². The molecule has 0 bridgehead atoms. The van der Waals surface area contributed by atoms with Crippen LogP contribution in [0.4, 0.5) is 5.69 Å². The van der Waals surface area contributed by atoms with Crippen LogP contribution in [0.2, 0.25) is 15.1 Å². The molecule has 3 aromatic rings. The third-order valence-electron chi connectivity index (χ3n) is 3.90. The number of benzene rings is 2. The molecule has 0 saturated carbocycles. The third kappa shape index (κ3) is 5.64. The Hall–Kier alpha value is -1.73. The summed E-state index contributed by atoms with van der Waals surface area (Å²) in [6.45, 7) is 2.10. The molecular formula is C19H16Cl3N3O2S. The average molecular weight is 457 g/mol. The van der Waals surface area contributed by atoms with E-state index in [2.05, 4.69) is 34.6 Å². The minimum Gasteiger partial charge on any atom is -0.416 e. The number of nitrogens with zero attached hydrogens (tertiary/aromatic N) is 2. The Labute approximate surface area is 181 Å². The first-order chi connectivity index (χ1) is 13.4. The van der Waals surface area contributed by atoms with Gasteiger partial charge in [0.05, 0.1) is 21.5 Å². The summed E-state index contributed by atoms with van der Waals surface area (Å²) < 4.78 is 5.63. The molecule has 0 saturated heterocycles. The van der Waals surface area contributed by atoms with E-state index in [-0.39, 0.29) is 27.6 Å². The average Bonchev–Trinajstić information content (AvgIpc) is 3.11. The van der Waals surface area contributed by atoms with Crippen molar-refractivity contribution >= 4 is 58.2 Å². The standard InChI is InChI=1S/C19H16Cl3N3O2S/c1-11(12-5-3-2-4-6-12)7-17-24-25-19(27-17)28-10-16(26)23-18-14(21)8-13(20)9-15(18)22/h2-6,8-9,11H,7,10H2,1H3,(H,23,26). The molecule has 9 heteroatoms. The monoisotopic (exact) mass is 455 g/mol. The number of aromatic nitrogens is 2. The quantitative estimate of drug-likeness (QED) is 0.435. The van der Waals surface area contributed by atoms with Crippen LogP contribution in [0.3, 0.4) is 0 Å². The summed E-state index contributed by atoms with van der Waals surface area (Å²) in [6.07, 6.45) is 0.625. The van der Waals surface area contributed by atoms with Gasteiger partial charge in [-0.1, -0.05) is 83.8 Å². The molecule has 3 rings (SSSR count). The largest absolute Gasteiger partial charge is 0.416 e. The molecule has 2 aromatic carbocycles. The van der Waals surface area contributed by atoms with Crippen molar-refractivity contribution in [3.05, 3.63) is 69.0 Å². The number of hydrogen-bond acceptors (Lipinski definition) is 5. The Kier molecular flexibility index (Phi) is 7.24. The highest BCUT2D eigenvalue weighted by Crippen LogP contribution is 2.34. The summed E-state index contributed by atoms with van der Waals surface area (Å²) in [5, 5.41) is 12.0. The predicted octanol–water partition coefficient (Wildman–Crippen LogP) is 6.11. The van der Waals surface area contributed by atoms with Crippen LogP contribution in [0.25, 0.3) is 0 Å². The summed E-state index contributed by atoms with van der Waals surface area (Å²) in [5.74, 6) is 0.555. The molecule has 0 aliphatic carbocycles. The lowest BCUT2D eigenvalue weighted by Crippen LogP contribution is -2.14. The first kappa shape index (κ1) is 21.0. The van der Waals surface area contributed by atoms with Crippen LogP contribution in [0.15, 0.2) is 52.1 Å². The van der Waals surface area contributed by atoms with Gasteiger partial charge in [-0.15, -0.1) is 10.2 Å². The lowest BCUT2D eigenvalue weighted by molar-refractivity contribution is -0.113. The molecule has 5 nitrogen and oxygen atoms in total. The van der Waals surface area contributed by atoms with E-state index in [1.165, 1.54) is 17.7 Å². The van der Waals surface area contributed by atoms with Crippen LogP contribution in [-0.4, -0.2) is 21.9 Å². The lowest BCUT2D eigenvalue weighted by Gasteiger charge is -2.09. The molecule has 0 fully saturated rings. The molecule has 1 unspecified atom stereocenters. The number of thioether (sulfide) groups is 1. The number of rotatable bonds is 7.